The van der Waals surface area contributed by atoms with E-state index in [1.165, 1.54) is 32.1 Å². The fourth-order valence-corrected chi connectivity index (χ4v) is 2.10. The molecule has 0 aromatic heterocycles. The van der Waals surface area contributed by atoms with Gasteiger partial charge in [-0.2, -0.15) is 0 Å². The summed E-state index contributed by atoms with van der Waals surface area (Å²) < 4.78 is 0. The van der Waals surface area contributed by atoms with Crippen molar-refractivity contribution in [2.45, 2.75) is 44.2 Å². The number of nitrogens with zero attached hydrogens (tertiary/aromatic N) is 1. The van der Waals surface area contributed by atoms with Crippen LogP contribution in [0.3, 0.4) is 0 Å². The average molecular weight is 183 g/mol. The Bertz CT molecular complexity index is 128. The normalized spacial score (nSPS) is 22.2. The molecule has 0 amide bonds. The van der Waals surface area contributed by atoms with Crippen LogP contribution in [0.25, 0.3) is 0 Å². The van der Waals surface area contributed by atoms with Crippen LogP contribution in [0.1, 0.15) is 32.1 Å². The van der Waals surface area contributed by atoms with Crippen molar-refractivity contribution in [3.8, 4) is 0 Å². The van der Waals surface area contributed by atoms with Crippen LogP contribution in [0.2, 0.25) is 0 Å². The predicted octanol–water partition coefficient (Wildman–Crippen LogP) is 1.67. The average Bonchev–Trinajstić information content (AvgIpc) is 2.04. The molecule has 0 aliphatic heterocycles. The molecule has 77 valence electrons. The summed E-state index contributed by atoms with van der Waals surface area (Å²) >= 11 is 0. The minimum absolute atomic E-state index is 0.387. The number of hydrogen-bond acceptors (Lipinski definition) is 2. The molecule has 1 rings (SSSR count). The highest BCUT2D eigenvalue weighted by molar-refractivity contribution is 4.79. The van der Waals surface area contributed by atoms with E-state index in [1.807, 2.05) is 0 Å². The molecule has 13 heavy (non-hydrogen) atoms. The zero-order chi connectivity index (χ0) is 9.68. The summed E-state index contributed by atoms with van der Waals surface area (Å²) in [7, 11) is 4.20. The molecular weight excluding hydrogens is 160 g/mol. The van der Waals surface area contributed by atoms with Gasteiger partial charge in [-0.15, -0.1) is 0 Å². The lowest BCUT2D eigenvalue weighted by atomic mass is 9.95. The SMILES string of the molecule is [CH2]C(CN(C)C)NC1CCCCC1. The van der Waals surface area contributed by atoms with E-state index in [2.05, 4.69) is 31.2 Å². The predicted molar refractivity (Wildman–Crippen MR) is 57.7 cm³/mol. The van der Waals surface area contributed by atoms with Crippen LogP contribution in [-0.2, 0) is 0 Å². The Kier molecular flexibility index (Phi) is 4.74. The number of rotatable bonds is 4. The van der Waals surface area contributed by atoms with Crippen LogP contribution < -0.4 is 5.32 Å². The Labute approximate surface area is 82.7 Å². The Morgan fingerprint density at radius 2 is 1.92 bits per heavy atom. The third-order valence-corrected chi connectivity index (χ3v) is 2.66. The maximum atomic E-state index is 4.12. The zero-order valence-corrected chi connectivity index (χ0v) is 9.05. The zero-order valence-electron chi connectivity index (χ0n) is 9.05. The molecule has 0 heterocycles. The third kappa shape index (κ3) is 4.63. The molecule has 1 saturated carbocycles. The van der Waals surface area contributed by atoms with Crippen LogP contribution >= 0.6 is 0 Å². The van der Waals surface area contributed by atoms with Crippen molar-refractivity contribution in [1.29, 1.82) is 0 Å². The summed E-state index contributed by atoms with van der Waals surface area (Å²) in [4.78, 5) is 2.19. The first-order valence-corrected chi connectivity index (χ1v) is 5.42. The van der Waals surface area contributed by atoms with Gasteiger partial charge in [-0.05, 0) is 33.9 Å². The molecule has 1 unspecified atom stereocenters. The van der Waals surface area contributed by atoms with E-state index in [1.54, 1.807) is 0 Å². The van der Waals surface area contributed by atoms with Crippen molar-refractivity contribution < 1.29 is 0 Å². The molecule has 0 aromatic carbocycles. The molecule has 1 fully saturated rings. The van der Waals surface area contributed by atoms with Gasteiger partial charge >= 0.3 is 0 Å². The second kappa shape index (κ2) is 5.61. The molecule has 1 atom stereocenters. The molecule has 2 nitrogen and oxygen atoms in total. The highest BCUT2D eigenvalue weighted by Crippen LogP contribution is 2.17. The van der Waals surface area contributed by atoms with Gasteiger partial charge in [0.25, 0.3) is 0 Å². The van der Waals surface area contributed by atoms with Gasteiger partial charge in [0.15, 0.2) is 0 Å². The van der Waals surface area contributed by atoms with Crippen LogP contribution in [0.5, 0.6) is 0 Å². The van der Waals surface area contributed by atoms with E-state index < -0.39 is 0 Å². The summed E-state index contributed by atoms with van der Waals surface area (Å²) in [6.45, 7) is 5.16. The van der Waals surface area contributed by atoms with Crippen molar-refractivity contribution >= 4 is 0 Å². The van der Waals surface area contributed by atoms with Crippen LogP contribution in [0, 0.1) is 6.92 Å². The Balaban J connectivity index is 2.14. The van der Waals surface area contributed by atoms with Gasteiger partial charge in [0.05, 0.1) is 0 Å². The van der Waals surface area contributed by atoms with Crippen LogP contribution in [0.4, 0.5) is 0 Å². The number of nitrogens with one attached hydrogen (secondary N) is 1. The quantitative estimate of drug-likeness (QED) is 0.713. The summed E-state index contributed by atoms with van der Waals surface area (Å²) in [5.74, 6) is 0. The lowest BCUT2D eigenvalue weighted by Gasteiger charge is -2.27. The molecule has 0 bridgehead atoms. The topological polar surface area (TPSA) is 15.3 Å². The van der Waals surface area contributed by atoms with E-state index in [-0.39, 0.29) is 0 Å². The van der Waals surface area contributed by atoms with Gasteiger partial charge in [0, 0.05) is 18.6 Å². The van der Waals surface area contributed by atoms with Gasteiger partial charge in [0.2, 0.25) is 0 Å². The molecule has 0 spiro atoms. The highest BCUT2D eigenvalue weighted by Gasteiger charge is 2.15. The number of hydrogen-bond donors (Lipinski definition) is 1. The van der Waals surface area contributed by atoms with Crippen molar-refractivity contribution in [3.05, 3.63) is 6.92 Å². The van der Waals surface area contributed by atoms with Gasteiger partial charge in [-0.3, -0.25) is 0 Å². The Morgan fingerprint density at radius 1 is 1.31 bits per heavy atom. The molecule has 1 radical (unpaired) electrons. The fraction of sp³-hybridized carbons (Fsp3) is 0.909. The van der Waals surface area contributed by atoms with Gasteiger partial charge in [0.1, 0.15) is 0 Å². The minimum Gasteiger partial charge on any atom is -0.310 e. The highest BCUT2D eigenvalue weighted by atomic mass is 15.1. The second-order valence-electron chi connectivity index (χ2n) is 4.46. The molecular formula is C11H23N2. The van der Waals surface area contributed by atoms with Crippen molar-refractivity contribution in [2.24, 2.45) is 0 Å². The molecule has 0 saturated heterocycles. The van der Waals surface area contributed by atoms with Crippen LogP contribution in [0.15, 0.2) is 0 Å². The van der Waals surface area contributed by atoms with E-state index in [4.69, 9.17) is 0 Å². The largest absolute Gasteiger partial charge is 0.310 e. The fourth-order valence-electron chi connectivity index (χ4n) is 2.10. The number of likely N-dealkylation sites (N-methyl/N-ethyl adjacent to an activating group) is 1. The van der Waals surface area contributed by atoms with Crippen molar-refractivity contribution in [1.82, 2.24) is 10.2 Å². The molecule has 1 aliphatic rings. The van der Waals surface area contributed by atoms with Gasteiger partial charge in [-0.25, -0.2) is 0 Å². The van der Waals surface area contributed by atoms with Crippen molar-refractivity contribution in [3.63, 3.8) is 0 Å². The van der Waals surface area contributed by atoms with E-state index >= 15 is 0 Å². The molecule has 1 N–H and O–H groups in total. The summed E-state index contributed by atoms with van der Waals surface area (Å²) in [6, 6.07) is 1.12. The summed E-state index contributed by atoms with van der Waals surface area (Å²) in [6.07, 6.45) is 6.91. The van der Waals surface area contributed by atoms with Crippen molar-refractivity contribution in [2.75, 3.05) is 20.6 Å². The Hall–Kier alpha value is -0.0800. The first-order chi connectivity index (χ1) is 6.18. The molecule has 2 heteroatoms. The second-order valence-corrected chi connectivity index (χ2v) is 4.46. The van der Waals surface area contributed by atoms with Gasteiger partial charge in [-0.1, -0.05) is 19.3 Å². The van der Waals surface area contributed by atoms with Gasteiger partial charge < -0.3 is 10.2 Å². The van der Waals surface area contributed by atoms with E-state index in [9.17, 15) is 0 Å². The first-order valence-electron chi connectivity index (χ1n) is 5.42. The minimum atomic E-state index is 0.387. The van der Waals surface area contributed by atoms with E-state index in [0.717, 1.165) is 12.6 Å². The summed E-state index contributed by atoms with van der Waals surface area (Å²) in [5, 5.41) is 3.60. The Morgan fingerprint density at radius 3 is 2.46 bits per heavy atom. The molecule has 0 aromatic rings. The third-order valence-electron chi connectivity index (χ3n) is 2.66. The monoisotopic (exact) mass is 183 g/mol. The molecule has 1 aliphatic carbocycles. The maximum Gasteiger partial charge on any atom is 0.0197 e. The first kappa shape index (κ1) is 11.0. The van der Waals surface area contributed by atoms with Crippen LogP contribution in [-0.4, -0.2) is 37.6 Å². The standard InChI is InChI=1S/C11H23N2/c1-10(9-13(2)3)12-11-7-5-4-6-8-11/h10-12H,1,4-9H2,2-3H3. The smallest absolute Gasteiger partial charge is 0.0197 e. The lowest BCUT2D eigenvalue weighted by Crippen LogP contribution is -2.43. The van der Waals surface area contributed by atoms with E-state index in [0.29, 0.717) is 6.04 Å². The maximum absolute atomic E-state index is 4.12. The summed E-state index contributed by atoms with van der Waals surface area (Å²) in [5.41, 5.74) is 0. The lowest BCUT2D eigenvalue weighted by molar-refractivity contribution is 0.307.